The van der Waals surface area contributed by atoms with E-state index in [1.54, 1.807) is 0 Å². The van der Waals surface area contributed by atoms with E-state index < -0.39 is 31.1 Å². The molecule has 0 amide bonds. The Labute approximate surface area is 198 Å². The van der Waals surface area contributed by atoms with E-state index in [4.69, 9.17) is 11.6 Å². The summed E-state index contributed by atoms with van der Waals surface area (Å²) < 4.78 is 66.0. The maximum atomic E-state index is 13.2. The molecular formula is C20H27ClFN5O4S2. The Morgan fingerprint density at radius 3 is 2.33 bits per heavy atom. The van der Waals surface area contributed by atoms with Crippen molar-refractivity contribution >= 4 is 31.6 Å². The molecule has 33 heavy (non-hydrogen) atoms. The van der Waals surface area contributed by atoms with E-state index in [0.717, 1.165) is 18.1 Å². The molecule has 2 aliphatic heterocycles. The number of aromatic nitrogens is 3. The van der Waals surface area contributed by atoms with Crippen LogP contribution < -0.4 is 0 Å². The number of rotatable bonds is 5. The number of halogens is 2. The zero-order valence-corrected chi connectivity index (χ0v) is 20.8. The summed E-state index contributed by atoms with van der Waals surface area (Å²) in [5.74, 6) is -0.0370. The molecule has 182 valence electrons. The molecule has 0 unspecified atom stereocenters. The predicted molar refractivity (Wildman–Crippen MR) is 123 cm³/mol. The van der Waals surface area contributed by atoms with E-state index in [0.29, 0.717) is 49.0 Å². The quantitative estimate of drug-likeness (QED) is 0.648. The maximum absolute atomic E-state index is 13.2. The highest BCUT2D eigenvalue weighted by Crippen LogP contribution is 2.38. The molecule has 0 bridgehead atoms. The minimum atomic E-state index is -3.54. The van der Waals surface area contributed by atoms with E-state index >= 15 is 0 Å². The zero-order chi connectivity index (χ0) is 24.0. The number of imidazole rings is 1. The SMILES string of the molecule is C[C@H]1CN(S(=O)(=O)C2CCN(S(C)(=O)=O)CC2)CC[C@H]1c1[nH]c(-c2ccc(F)cn2)nc1Cl. The third-order valence-corrected chi connectivity index (χ3v) is 10.5. The molecule has 2 saturated heterocycles. The van der Waals surface area contributed by atoms with E-state index in [1.807, 2.05) is 6.92 Å². The highest BCUT2D eigenvalue weighted by molar-refractivity contribution is 7.89. The van der Waals surface area contributed by atoms with Crippen LogP contribution in [0.4, 0.5) is 4.39 Å². The second-order valence-corrected chi connectivity index (χ2v) is 13.3. The summed E-state index contributed by atoms with van der Waals surface area (Å²) in [5.41, 5.74) is 1.20. The minimum absolute atomic E-state index is 0.0160. The van der Waals surface area contributed by atoms with Gasteiger partial charge in [0.05, 0.1) is 23.4 Å². The molecule has 0 saturated carbocycles. The van der Waals surface area contributed by atoms with Crippen molar-refractivity contribution in [2.45, 2.75) is 37.4 Å². The van der Waals surface area contributed by atoms with Gasteiger partial charge in [0.2, 0.25) is 20.0 Å². The Balaban J connectivity index is 1.44. The number of pyridine rings is 1. The first kappa shape index (κ1) is 24.5. The van der Waals surface area contributed by atoms with Crippen LogP contribution >= 0.6 is 11.6 Å². The van der Waals surface area contributed by atoms with E-state index in [1.165, 1.54) is 20.7 Å². The molecule has 0 spiro atoms. The summed E-state index contributed by atoms with van der Waals surface area (Å²) in [4.78, 5) is 11.6. The summed E-state index contributed by atoms with van der Waals surface area (Å²) in [7, 11) is -6.85. The Morgan fingerprint density at radius 2 is 1.76 bits per heavy atom. The molecule has 2 aromatic rings. The van der Waals surface area contributed by atoms with Crippen LogP contribution in [-0.2, 0) is 20.0 Å². The number of sulfonamides is 2. The number of nitrogens with zero attached hydrogens (tertiary/aromatic N) is 4. The summed E-state index contributed by atoms with van der Waals surface area (Å²) in [5, 5.41) is -0.274. The molecule has 9 nitrogen and oxygen atoms in total. The molecule has 2 fully saturated rings. The molecule has 0 radical (unpaired) electrons. The first-order valence-electron chi connectivity index (χ1n) is 10.8. The zero-order valence-electron chi connectivity index (χ0n) is 18.4. The van der Waals surface area contributed by atoms with Crippen molar-refractivity contribution in [2.24, 2.45) is 5.92 Å². The van der Waals surface area contributed by atoms with Crippen molar-refractivity contribution < 1.29 is 21.2 Å². The summed E-state index contributed by atoms with van der Waals surface area (Å²) in [6, 6.07) is 2.81. The average molecular weight is 520 g/mol. The molecular weight excluding hydrogens is 493 g/mol. The highest BCUT2D eigenvalue weighted by atomic mass is 35.5. The van der Waals surface area contributed by atoms with Gasteiger partial charge < -0.3 is 4.98 Å². The van der Waals surface area contributed by atoms with Crippen LogP contribution in [0.15, 0.2) is 18.3 Å². The Kier molecular flexibility index (Phi) is 6.85. The van der Waals surface area contributed by atoms with E-state index in [9.17, 15) is 21.2 Å². The number of nitrogens with one attached hydrogen (secondary N) is 1. The monoisotopic (exact) mass is 519 g/mol. The van der Waals surface area contributed by atoms with Crippen molar-refractivity contribution in [1.82, 2.24) is 23.6 Å². The fraction of sp³-hybridized carbons (Fsp3) is 0.600. The number of H-pyrrole nitrogens is 1. The number of aromatic amines is 1. The van der Waals surface area contributed by atoms with Gasteiger partial charge >= 0.3 is 0 Å². The molecule has 0 aliphatic carbocycles. The number of hydrogen-bond donors (Lipinski definition) is 1. The van der Waals surface area contributed by atoms with Crippen molar-refractivity contribution in [2.75, 3.05) is 32.4 Å². The fourth-order valence-electron chi connectivity index (χ4n) is 4.69. The van der Waals surface area contributed by atoms with Gasteiger partial charge in [-0.3, -0.25) is 0 Å². The number of piperidine rings is 2. The largest absolute Gasteiger partial charge is 0.339 e. The fourth-order valence-corrected chi connectivity index (χ4v) is 7.87. The van der Waals surface area contributed by atoms with Gasteiger partial charge in [-0.2, -0.15) is 0 Å². The highest BCUT2D eigenvalue weighted by Gasteiger charge is 2.40. The second kappa shape index (κ2) is 9.21. The van der Waals surface area contributed by atoms with Gasteiger partial charge in [0.25, 0.3) is 0 Å². The van der Waals surface area contributed by atoms with Gasteiger partial charge in [-0.05, 0) is 37.3 Å². The van der Waals surface area contributed by atoms with Crippen LogP contribution in [-0.4, -0.2) is 78.1 Å². The molecule has 0 aromatic carbocycles. The lowest BCUT2D eigenvalue weighted by Gasteiger charge is -2.39. The van der Waals surface area contributed by atoms with Gasteiger partial charge in [-0.1, -0.05) is 18.5 Å². The van der Waals surface area contributed by atoms with E-state index in [-0.39, 0.29) is 24.9 Å². The van der Waals surface area contributed by atoms with Crippen molar-refractivity contribution in [3.8, 4) is 11.5 Å². The summed E-state index contributed by atoms with van der Waals surface area (Å²) in [6.07, 6.45) is 3.42. The lowest BCUT2D eigenvalue weighted by atomic mass is 9.86. The Hall–Kier alpha value is -1.60. The van der Waals surface area contributed by atoms with Gasteiger partial charge in [-0.25, -0.2) is 39.8 Å². The Morgan fingerprint density at radius 1 is 1.09 bits per heavy atom. The molecule has 2 aromatic heterocycles. The Bertz CT molecular complexity index is 1210. The normalized spacial score (nSPS) is 24.2. The topological polar surface area (TPSA) is 116 Å². The predicted octanol–water partition coefficient (Wildman–Crippen LogP) is 2.44. The van der Waals surface area contributed by atoms with Crippen LogP contribution in [0, 0.1) is 11.7 Å². The summed E-state index contributed by atoms with van der Waals surface area (Å²) >= 11 is 6.39. The van der Waals surface area contributed by atoms with Crippen LogP contribution in [0.25, 0.3) is 11.5 Å². The summed E-state index contributed by atoms with van der Waals surface area (Å²) in [6.45, 7) is 3.12. The van der Waals surface area contributed by atoms with Crippen LogP contribution in [0.3, 0.4) is 0 Å². The molecule has 1 N–H and O–H groups in total. The first-order chi connectivity index (χ1) is 15.5. The third kappa shape index (κ3) is 5.09. The molecule has 2 atom stereocenters. The van der Waals surface area contributed by atoms with Gasteiger partial charge in [0, 0.05) is 32.1 Å². The standard InChI is InChI=1S/C20H27ClFN5O4S2/c1-13-12-27(33(30,31)15-5-8-26(9-6-15)32(2,28)29)10-7-16(13)18-19(21)25-20(24-18)17-4-3-14(22)11-23-17/h3-4,11,13,15-16H,5-10,12H2,1-2H3,(H,24,25)/t13-,16+/m0/s1. The molecule has 4 heterocycles. The lowest BCUT2D eigenvalue weighted by Crippen LogP contribution is -2.49. The number of hydrogen-bond acceptors (Lipinski definition) is 6. The molecule has 2 aliphatic rings. The van der Waals surface area contributed by atoms with Crippen molar-refractivity contribution in [3.63, 3.8) is 0 Å². The average Bonchev–Trinajstić information content (AvgIpc) is 3.15. The van der Waals surface area contributed by atoms with Gasteiger partial charge in [0.1, 0.15) is 11.5 Å². The van der Waals surface area contributed by atoms with E-state index in [2.05, 4.69) is 15.0 Å². The van der Waals surface area contributed by atoms with Crippen LogP contribution in [0.5, 0.6) is 0 Å². The lowest BCUT2D eigenvalue weighted by molar-refractivity contribution is 0.240. The third-order valence-electron chi connectivity index (χ3n) is 6.55. The maximum Gasteiger partial charge on any atom is 0.217 e. The minimum Gasteiger partial charge on any atom is -0.339 e. The van der Waals surface area contributed by atoms with Gasteiger partial charge in [-0.15, -0.1) is 0 Å². The smallest absolute Gasteiger partial charge is 0.217 e. The van der Waals surface area contributed by atoms with Gasteiger partial charge in [0.15, 0.2) is 11.0 Å². The first-order valence-corrected chi connectivity index (χ1v) is 14.5. The van der Waals surface area contributed by atoms with Crippen LogP contribution in [0.1, 0.15) is 37.8 Å². The molecule has 4 rings (SSSR count). The molecule has 13 heteroatoms. The van der Waals surface area contributed by atoms with Crippen molar-refractivity contribution in [1.29, 1.82) is 0 Å². The van der Waals surface area contributed by atoms with Crippen LogP contribution in [0.2, 0.25) is 5.15 Å². The van der Waals surface area contributed by atoms with Crippen molar-refractivity contribution in [3.05, 3.63) is 35.0 Å². The second-order valence-electron chi connectivity index (χ2n) is 8.79.